The monoisotopic (exact) mass is 212 g/mol. The Hall–Kier alpha value is 0.440. The average Bonchev–Trinajstić information content (AvgIpc) is 2.67. The van der Waals surface area contributed by atoms with Crippen molar-refractivity contribution in [1.29, 1.82) is 0 Å². The summed E-state index contributed by atoms with van der Waals surface area (Å²) in [5.74, 6) is 2.13. The summed E-state index contributed by atoms with van der Waals surface area (Å²) in [7, 11) is 0. The zero-order chi connectivity index (χ0) is 9.00. The maximum Gasteiger partial charge on any atom is 0.0245 e. The minimum Gasteiger partial charge on any atom is -0.125 e. The summed E-state index contributed by atoms with van der Waals surface area (Å²) >= 11 is 4.37. The van der Waals surface area contributed by atoms with Crippen LogP contribution in [0.4, 0.5) is 0 Å². The molecule has 2 saturated carbocycles. The molecular formula is C11H16S2. The molecule has 0 spiro atoms. The maximum absolute atomic E-state index is 2.30. The fourth-order valence-electron chi connectivity index (χ4n) is 3.09. The van der Waals surface area contributed by atoms with Crippen LogP contribution in [-0.2, 0) is 0 Å². The SMILES string of the molecule is CC1=C(C)S[C@H]2[C@@H]3CC[C@@H](C3)[C@H]2S1. The molecule has 0 amide bonds. The number of hydrogen-bond donors (Lipinski definition) is 0. The van der Waals surface area contributed by atoms with Crippen LogP contribution in [0.1, 0.15) is 33.1 Å². The second-order valence-corrected chi connectivity index (χ2v) is 7.40. The van der Waals surface area contributed by atoms with Crippen LogP contribution >= 0.6 is 23.5 Å². The van der Waals surface area contributed by atoms with Crippen molar-refractivity contribution < 1.29 is 0 Å². The molecule has 3 rings (SSSR count). The van der Waals surface area contributed by atoms with Gasteiger partial charge in [-0.2, -0.15) is 0 Å². The van der Waals surface area contributed by atoms with Crippen LogP contribution in [-0.4, -0.2) is 10.5 Å². The van der Waals surface area contributed by atoms with E-state index in [0.717, 1.165) is 22.3 Å². The molecule has 72 valence electrons. The normalized spacial score (nSPS) is 48.5. The lowest BCUT2D eigenvalue weighted by molar-refractivity contribution is 0.504. The third-order valence-corrected chi connectivity index (χ3v) is 7.41. The van der Waals surface area contributed by atoms with Crippen LogP contribution in [0.3, 0.4) is 0 Å². The van der Waals surface area contributed by atoms with Gasteiger partial charge < -0.3 is 0 Å². The molecule has 0 unspecified atom stereocenters. The largest absolute Gasteiger partial charge is 0.125 e. The van der Waals surface area contributed by atoms with Gasteiger partial charge in [-0.25, -0.2) is 0 Å². The highest BCUT2D eigenvalue weighted by Crippen LogP contribution is 2.59. The summed E-state index contributed by atoms with van der Waals surface area (Å²) in [5.41, 5.74) is 0. The summed E-state index contributed by atoms with van der Waals surface area (Å²) in [6, 6.07) is 0. The second-order valence-electron chi connectivity index (χ2n) is 4.61. The molecule has 2 bridgehead atoms. The van der Waals surface area contributed by atoms with Crippen molar-refractivity contribution in [3.8, 4) is 0 Å². The minimum absolute atomic E-state index is 0.979. The fourth-order valence-corrected chi connectivity index (χ4v) is 6.45. The lowest BCUT2D eigenvalue weighted by Gasteiger charge is -2.34. The van der Waals surface area contributed by atoms with Gasteiger partial charge >= 0.3 is 0 Å². The molecule has 0 nitrogen and oxygen atoms in total. The van der Waals surface area contributed by atoms with Crippen molar-refractivity contribution in [1.82, 2.24) is 0 Å². The Kier molecular flexibility index (Phi) is 1.99. The van der Waals surface area contributed by atoms with Gasteiger partial charge in [0.05, 0.1) is 0 Å². The van der Waals surface area contributed by atoms with Gasteiger partial charge in [-0.1, -0.05) is 0 Å². The molecule has 2 aliphatic carbocycles. The van der Waals surface area contributed by atoms with Crippen LogP contribution in [0.25, 0.3) is 0 Å². The van der Waals surface area contributed by atoms with Crippen LogP contribution in [0.2, 0.25) is 0 Å². The molecule has 0 aromatic heterocycles. The van der Waals surface area contributed by atoms with Crippen LogP contribution in [0, 0.1) is 11.8 Å². The highest BCUT2D eigenvalue weighted by molar-refractivity contribution is 8.10. The molecule has 1 heterocycles. The second kappa shape index (κ2) is 2.96. The van der Waals surface area contributed by atoms with E-state index in [1.807, 2.05) is 0 Å². The van der Waals surface area contributed by atoms with Crippen molar-refractivity contribution in [2.24, 2.45) is 11.8 Å². The molecule has 0 saturated heterocycles. The van der Waals surface area contributed by atoms with E-state index in [4.69, 9.17) is 0 Å². The Balaban J connectivity index is 1.90. The minimum atomic E-state index is 0.979. The van der Waals surface area contributed by atoms with E-state index >= 15 is 0 Å². The third-order valence-electron chi connectivity index (χ3n) is 3.89. The fraction of sp³-hybridized carbons (Fsp3) is 0.818. The number of fused-ring (bicyclic) bond motifs is 5. The molecule has 13 heavy (non-hydrogen) atoms. The van der Waals surface area contributed by atoms with Crippen LogP contribution in [0.15, 0.2) is 9.81 Å². The first-order chi connectivity index (χ1) is 6.25. The predicted octanol–water partition coefficient (Wildman–Crippen LogP) is 3.88. The summed E-state index contributed by atoms with van der Waals surface area (Å²) < 4.78 is 0. The number of rotatable bonds is 0. The highest BCUT2D eigenvalue weighted by Gasteiger charge is 2.49. The van der Waals surface area contributed by atoms with Gasteiger partial charge in [-0.05, 0) is 54.8 Å². The van der Waals surface area contributed by atoms with Gasteiger partial charge in [0, 0.05) is 10.5 Å². The van der Waals surface area contributed by atoms with Crippen molar-refractivity contribution in [3.63, 3.8) is 0 Å². The zero-order valence-corrected chi connectivity index (χ0v) is 9.88. The number of allylic oxidation sites excluding steroid dienone is 2. The van der Waals surface area contributed by atoms with Gasteiger partial charge in [0.1, 0.15) is 0 Å². The van der Waals surface area contributed by atoms with Gasteiger partial charge in [-0.15, -0.1) is 23.5 Å². The van der Waals surface area contributed by atoms with Crippen LogP contribution < -0.4 is 0 Å². The van der Waals surface area contributed by atoms with E-state index in [0.29, 0.717) is 0 Å². The molecule has 1 aliphatic heterocycles. The first-order valence-corrected chi connectivity index (χ1v) is 7.02. The molecule has 2 heteroatoms. The Morgan fingerprint density at radius 1 is 0.923 bits per heavy atom. The lowest BCUT2D eigenvalue weighted by atomic mass is 10.00. The van der Waals surface area contributed by atoms with E-state index in [2.05, 4.69) is 37.4 Å². The Labute approximate surface area is 88.9 Å². The van der Waals surface area contributed by atoms with Crippen molar-refractivity contribution in [2.45, 2.75) is 43.6 Å². The van der Waals surface area contributed by atoms with Crippen LogP contribution in [0.5, 0.6) is 0 Å². The Bertz CT molecular complexity index is 243. The van der Waals surface area contributed by atoms with Gasteiger partial charge in [0.2, 0.25) is 0 Å². The molecule has 0 aromatic rings. The summed E-state index contributed by atoms with van der Waals surface area (Å²) in [6.45, 7) is 4.60. The molecule has 0 radical (unpaired) electrons. The van der Waals surface area contributed by atoms with E-state index < -0.39 is 0 Å². The van der Waals surface area contributed by atoms with E-state index in [9.17, 15) is 0 Å². The molecule has 4 atom stereocenters. The lowest BCUT2D eigenvalue weighted by Crippen LogP contribution is -2.29. The van der Waals surface area contributed by atoms with Gasteiger partial charge in [-0.3, -0.25) is 0 Å². The molecular weight excluding hydrogens is 196 g/mol. The number of hydrogen-bond acceptors (Lipinski definition) is 2. The predicted molar refractivity (Wildman–Crippen MR) is 62.0 cm³/mol. The summed E-state index contributed by atoms with van der Waals surface area (Å²) in [4.78, 5) is 3.19. The van der Waals surface area contributed by atoms with Crippen molar-refractivity contribution in [2.75, 3.05) is 0 Å². The third kappa shape index (κ3) is 1.21. The van der Waals surface area contributed by atoms with E-state index in [1.54, 1.807) is 9.81 Å². The molecule has 0 N–H and O–H groups in total. The first kappa shape index (κ1) is 8.72. The Morgan fingerprint density at radius 3 is 1.85 bits per heavy atom. The maximum atomic E-state index is 2.30. The Morgan fingerprint density at radius 2 is 1.38 bits per heavy atom. The zero-order valence-electron chi connectivity index (χ0n) is 8.25. The standard InChI is InChI=1S/C11H16S2/c1-6-7(2)13-11-9-4-3-8(5-9)10(11)12-6/h8-11H,3-5H2,1-2H3/t8-,9+,10+,11-. The van der Waals surface area contributed by atoms with Crippen molar-refractivity contribution in [3.05, 3.63) is 9.81 Å². The molecule has 2 fully saturated rings. The van der Waals surface area contributed by atoms with Gasteiger partial charge in [0.25, 0.3) is 0 Å². The van der Waals surface area contributed by atoms with Crippen molar-refractivity contribution >= 4 is 23.5 Å². The van der Waals surface area contributed by atoms with E-state index in [1.165, 1.54) is 19.3 Å². The molecule has 3 aliphatic rings. The quantitative estimate of drug-likeness (QED) is 0.597. The summed E-state index contributed by atoms with van der Waals surface area (Å²) in [6.07, 6.45) is 4.58. The highest BCUT2D eigenvalue weighted by atomic mass is 32.2. The topological polar surface area (TPSA) is 0 Å². The summed E-state index contributed by atoms with van der Waals surface area (Å²) in [5, 5.41) is 1.96. The smallest absolute Gasteiger partial charge is 0.0245 e. The first-order valence-electron chi connectivity index (χ1n) is 5.26. The van der Waals surface area contributed by atoms with Gasteiger partial charge in [0.15, 0.2) is 0 Å². The molecule has 0 aromatic carbocycles. The average molecular weight is 212 g/mol. The number of thioether (sulfide) groups is 2. The van der Waals surface area contributed by atoms with E-state index in [-0.39, 0.29) is 0 Å².